The van der Waals surface area contributed by atoms with Gasteiger partial charge in [-0.25, -0.2) is 4.68 Å². The molecule has 0 spiro atoms. The number of rotatable bonds is 7. The standard InChI is InChI=1S/C25H30ClN3O3/c1-16(19-5-3-2-4-6-19)13-27-20-14-28-29(23(32)22(20)26)25-10-17-7-18(11-25)9-24(8-17,15-25)12-21(30)31/h2-6,14,16-18,27H,7-13,15H2,1H3,(H,30,31)/t16-,17+,18+,24?,25?/m1/s1. The summed E-state index contributed by atoms with van der Waals surface area (Å²) >= 11 is 6.56. The van der Waals surface area contributed by atoms with Gasteiger partial charge in [-0.05, 0) is 67.3 Å². The largest absolute Gasteiger partial charge is 0.481 e. The van der Waals surface area contributed by atoms with Crippen LogP contribution < -0.4 is 10.9 Å². The first-order valence-corrected chi connectivity index (χ1v) is 12.0. The molecule has 0 saturated heterocycles. The monoisotopic (exact) mass is 455 g/mol. The van der Waals surface area contributed by atoms with Crippen LogP contribution in [0.5, 0.6) is 0 Å². The molecule has 4 fully saturated rings. The van der Waals surface area contributed by atoms with Crippen LogP contribution in [0.2, 0.25) is 5.02 Å². The predicted molar refractivity (Wildman–Crippen MR) is 124 cm³/mol. The summed E-state index contributed by atoms with van der Waals surface area (Å²) in [5, 5.41) is 17.6. The summed E-state index contributed by atoms with van der Waals surface area (Å²) in [6, 6.07) is 10.2. The van der Waals surface area contributed by atoms with Crippen LogP contribution >= 0.6 is 11.6 Å². The third kappa shape index (κ3) is 3.72. The second-order valence-electron chi connectivity index (χ2n) is 10.5. The zero-order valence-corrected chi connectivity index (χ0v) is 19.1. The van der Waals surface area contributed by atoms with Crippen molar-refractivity contribution in [2.45, 2.75) is 63.3 Å². The lowest BCUT2D eigenvalue weighted by molar-refractivity contribution is -0.151. The van der Waals surface area contributed by atoms with Crippen molar-refractivity contribution in [1.82, 2.24) is 9.78 Å². The molecule has 3 atom stereocenters. The summed E-state index contributed by atoms with van der Waals surface area (Å²) < 4.78 is 1.61. The Labute approximate surface area is 193 Å². The molecule has 0 amide bonds. The van der Waals surface area contributed by atoms with Crippen LogP contribution in [0.15, 0.2) is 41.3 Å². The molecule has 4 saturated carbocycles. The van der Waals surface area contributed by atoms with E-state index in [0.29, 0.717) is 30.5 Å². The van der Waals surface area contributed by atoms with Gasteiger partial charge in [-0.3, -0.25) is 9.59 Å². The average Bonchev–Trinajstić information content (AvgIpc) is 2.73. The summed E-state index contributed by atoms with van der Waals surface area (Å²) in [5.41, 5.74) is 0.883. The van der Waals surface area contributed by atoms with Crippen LogP contribution in [-0.4, -0.2) is 27.4 Å². The highest BCUT2D eigenvalue weighted by atomic mass is 35.5. The molecule has 170 valence electrons. The third-order valence-electron chi connectivity index (χ3n) is 8.01. The molecule has 6 nitrogen and oxygen atoms in total. The highest BCUT2D eigenvalue weighted by Gasteiger charge is 2.59. The predicted octanol–water partition coefficient (Wildman–Crippen LogP) is 4.88. The molecular formula is C25H30ClN3O3. The Kier molecular flexibility index (Phi) is 5.31. The van der Waals surface area contributed by atoms with Gasteiger partial charge in [0.1, 0.15) is 5.02 Å². The van der Waals surface area contributed by atoms with Gasteiger partial charge in [-0.15, -0.1) is 0 Å². The van der Waals surface area contributed by atoms with Gasteiger partial charge in [0, 0.05) is 6.54 Å². The lowest BCUT2D eigenvalue weighted by atomic mass is 9.46. The van der Waals surface area contributed by atoms with Crippen LogP contribution in [0.25, 0.3) is 0 Å². The van der Waals surface area contributed by atoms with Crippen molar-refractivity contribution in [2.75, 3.05) is 11.9 Å². The number of nitrogens with zero attached hydrogens (tertiary/aromatic N) is 2. The van der Waals surface area contributed by atoms with Gasteiger partial charge in [-0.1, -0.05) is 48.9 Å². The first-order valence-electron chi connectivity index (χ1n) is 11.6. The van der Waals surface area contributed by atoms with Crippen molar-refractivity contribution in [2.24, 2.45) is 17.3 Å². The molecule has 1 heterocycles. The number of halogens is 1. The number of hydrogen-bond acceptors (Lipinski definition) is 4. The van der Waals surface area contributed by atoms with Crippen molar-refractivity contribution >= 4 is 23.3 Å². The number of carbonyl (C=O) groups is 1. The first-order chi connectivity index (χ1) is 15.3. The number of carboxylic acid groups (broad SMARTS) is 1. The zero-order valence-electron chi connectivity index (χ0n) is 18.4. The second kappa shape index (κ2) is 7.91. The molecule has 4 aliphatic carbocycles. The van der Waals surface area contributed by atoms with E-state index in [9.17, 15) is 14.7 Å². The van der Waals surface area contributed by atoms with E-state index >= 15 is 0 Å². The third-order valence-corrected chi connectivity index (χ3v) is 8.38. The molecule has 2 aromatic rings. The van der Waals surface area contributed by atoms with Gasteiger partial charge in [0.25, 0.3) is 5.56 Å². The van der Waals surface area contributed by atoms with Gasteiger partial charge < -0.3 is 10.4 Å². The van der Waals surface area contributed by atoms with Crippen LogP contribution in [0.3, 0.4) is 0 Å². The Balaban J connectivity index is 1.40. The number of anilines is 1. The smallest absolute Gasteiger partial charge is 0.303 e. The SMILES string of the molecule is C[C@H](CNc1cnn(C23C[C@H]4C[C@@H](CC(CC(=O)O)(C4)C2)C3)c(=O)c1Cl)c1ccccc1. The van der Waals surface area contributed by atoms with Gasteiger partial charge >= 0.3 is 5.97 Å². The lowest BCUT2D eigenvalue weighted by Gasteiger charge is -2.61. The normalized spacial score (nSPS) is 31.4. The number of aromatic nitrogens is 2. The molecule has 7 heteroatoms. The Bertz CT molecular complexity index is 1070. The number of nitrogens with one attached hydrogen (secondary N) is 1. The fraction of sp³-hybridized carbons (Fsp3) is 0.560. The van der Waals surface area contributed by atoms with Crippen LogP contribution in [-0.2, 0) is 10.3 Å². The Morgan fingerprint density at radius 3 is 2.59 bits per heavy atom. The second-order valence-corrected chi connectivity index (χ2v) is 10.9. The van der Waals surface area contributed by atoms with E-state index in [1.807, 2.05) is 18.2 Å². The van der Waals surface area contributed by atoms with Crippen molar-refractivity contribution in [1.29, 1.82) is 0 Å². The minimum Gasteiger partial charge on any atom is -0.481 e. The fourth-order valence-electron chi connectivity index (χ4n) is 7.23. The van der Waals surface area contributed by atoms with E-state index in [1.165, 1.54) is 5.56 Å². The summed E-state index contributed by atoms with van der Waals surface area (Å²) in [6.45, 7) is 2.77. The highest BCUT2D eigenvalue weighted by Crippen LogP contribution is 2.65. The maximum absolute atomic E-state index is 13.4. The number of aliphatic carboxylic acids is 1. The summed E-state index contributed by atoms with van der Waals surface area (Å²) in [4.78, 5) is 25.0. The maximum atomic E-state index is 13.4. The molecule has 6 rings (SSSR count). The minimum atomic E-state index is -0.743. The molecular weight excluding hydrogens is 426 g/mol. The number of hydrogen-bond donors (Lipinski definition) is 2. The molecule has 0 radical (unpaired) electrons. The van der Waals surface area contributed by atoms with E-state index in [0.717, 1.165) is 32.1 Å². The quantitative estimate of drug-likeness (QED) is 0.621. The van der Waals surface area contributed by atoms with Crippen LogP contribution in [0, 0.1) is 17.3 Å². The first kappa shape index (κ1) is 21.5. The van der Waals surface area contributed by atoms with Gasteiger partial charge in [0.2, 0.25) is 0 Å². The van der Waals surface area contributed by atoms with E-state index in [-0.39, 0.29) is 28.3 Å². The maximum Gasteiger partial charge on any atom is 0.303 e. The van der Waals surface area contributed by atoms with Crippen molar-refractivity contribution in [3.63, 3.8) is 0 Å². The fourth-order valence-corrected chi connectivity index (χ4v) is 7.43. The number of carboxylic acids is 1. The molecule has 1 aromatic carbocycles. The van der Waals surface area contributed by atoms with E-state index in [2.05, 4.69) is 29.5 Å². The minimum absolute atomic E-state index is 0.170. The molecule has 1 aromatic heterocycles. The highest BCUT2D eigenvalue weighted by molar-refractivity contribution is 6.32. The van der Waals surface area contributed by atoms with Crippen molar-refractivity contribution in [3.8, 4) is 0 Å². The van der Waals surface area contributed by atoms with Gasteiger partial charge in [0.15, 0.2) is 0 Å². The molecule has 2 N–H and O–H groups in total. The summed E-state index contributed by atoms with van der Waals surface area (Å²) in [7, 11) is 0. The molecule has 4 bridgehead atoms. The van der Waals surface area contributed by atoms with Crippen LogP contribution in [0.1, 0.15) is 63.4 Å². The van der Waals surface area contributed by atoms with E-state index in [1.54, 1.807) is 10.9 Å². The Morgan fingerprint density at radius 1 is 1.25 bits per heavy atom. The van der Waals surface area contributed by atoms with Gasteiger partial charge in [0.05, 0.1) is 23.8 Å². The van der Waals surface area contributed by atoms with Crippen molar-refractivity contribution in [3.05, 3.63) is 57.5 Å². The summed E-state index contributed by atoms with van der Waals surface area (Å²) in [5.74, 6) is 0.446. The molecule has 32 heavy (non-hydrogen) atoms. The van der Waals surface area contributed by atoms with Crippen molar-refractivity contribution < 1.29 is 9.90 Å². The zero-order chi connectivity index (χ0) is 22.5. The Morgan fingerprint density at radius 2 is 1.94 bits per heavy atom. The summed E-state index contributed by atoms with van der Waals surface area (Å²) in [6.07, 6.45) is 7.40. The number of benzene rings is 1. The molecule has 4 aliphatic rings. The average molecular weight is 456 g/mol. The Hall–Kier alpha value is -2.34. The topological polar surface area (TPSA) is 84.2 Å². The molecule has 0 aliphatic heterocycles. The van der Waals surface area contributed by atoms with E-state index < -0.39 is 11.5 Å². The van der Waals surface area contributed by atoms with E-state index in [4.69, 9.17) is 11.6 Å². The lowest BCUT2D eigenvalue weighted by Crippen LogP contribution is -2.59. The molecule has 0 unspecified atom stereocenters. The van der Waals surface area contributed by atoms with Crippen LogP contribution in [0.4, 0.5) is 5.69 Å². The van der Waals surface area contributed by atoms with Gasteiger partial charge in [-0.2, -0.15) is 5.10 Å².